The molecular weight excluding hydrogens is 286 g/mol. The second-order valence-electron chi connectivity index (χ2n) is 5.48. The number of hydrazine groups is 1. The van der Waals surface area contributed by atoms with Crippen LogP contribution < -0.4 is 10.4 Å². The quantitative estimate of drug-likeness (QED) is 0.670. The highest BCUT2D eigenvalue weighted by atomic mass is 35.5. The Hall–Kier alpha value is -1.86. The van der Waals surface area contributed by atoms with Gasteiger partial charge in [0, 0.05) is 16.5 Å². The van der Waals surface area contributed by atoms with E-state index in [2.05, 4.69) is 5.43 Å². The molecule has 0 aliphatic carbocycles. The number of benzene rings is 1. The molecule has 0 saturated carbocycles. The van der Waals surface area contributed by atoms with Crippen LogP contribution in [0.3, 0.4) is 0 Å². The number of halogens is 1. The number of hydrogen-bond acceptors (Lipinski definition) is 5. The summed E-state index contributed by atoms with van der Waals surface area (Å²) in [7, 11) is 0. The molecule has 108 valence electrons. The number of rotatable bonds is 2. The molecule has 8 heteroatoms. The Kier molecular flexibility index (Phi) is 3.58. The molecule has 0 radical (unpaired) electrons. The van der Waals surface area contributed by atoms with Gasteiger partial charge in [-0.2, -0.15) is 10.4 Å². The third-order valence-corrected chi connectivity index (χ3v) is 3.04. The summed E-state index contributed by atoms with van der Waals surface area (Å²) in [6, 6.07) is 4.07. The molecule has 1 aliphatic heterocycles. The third-order valence-electron chi connectivity index (χ3n) is 2.81. The van der Waals surface area contributed by atoms with Crippen molar-refractivity contribution in [2.24, 2.45) is 5.41 Å². The minimum atomic E-state index is -0.685. The second-order valence-corrected chi connectivity index (χ2v) is 5.92. The molecule has 1 aromatic rings. The topological polar surface area (TPSA) is 84.7 Å². The van der Waals surface area contributed by atoms with Gasteiger partial charge in [0.1, 0.15) is 5.69 Å². The zero-order chi connectivity index (χ0) is 15.1. The van der Waals surface area contributed by atoms with E-state index in [9.17, 15) is 14.9 Å². The Morgan fingerprint density at radius 1 is 1.45 bits per heavy atom. The van der Waals surface area contributed by atoms with Gasteiger partial charge < -0.3 is 4.74 Å². The summed E-state index contributed by atoms with van der Waals surface area (Å²) in [6.07, 6.45) is -1.25. The first-order chi connectivity index (χ1) is 9.20. The molecule has 1 unspecified atom stereocenters. The summed E-state index contributed by atoms with van der Waals surface area (Å²) < 4.78 is 5.18. The number of carbonyl (C=O) groups excluding carboxylic acids is 1. The predicted octanol–water partition coefficient (Wildman–Crippen LogP) is 3.08. The van der Waals surface area contributed by atoms with Crippen LogP contribution in [0.1, 0.15) is 20.8 Å². The number of nitrogens with one attached hydrogen (secondary N) is 1. The van der Waals surface area contributed by atoms with Gasteiger partial charge in [-0.05, 0) is 12.1 Å². The van der Waals surface area contributed by atoms with Crippen molar-refractivity contribution >= 4 is 29.1 Å². The van der Waals surface area contributed by atoms with Gasteiger partial charge in [0.25, 0.3) is 5.69 Å². The maximum atomic E-state index is 11.9. The zero-order valence-corrected chi connectivity index (χ0v) is 12.0. The van der Waals surface area contributed by atoms with Gasteiger partial charge in [0.2, 0.25) is 0 Å². The van der Waals surface area contributed by atoms with Crippen molar-refractivity contribution in [3.63, 3.8) is 0 Å². The summed E-state index contributed by atoms with van der Waals surface area (Å²) in [6.45, 7) is 5.66. The van der Waals surface area contributed by atoms with E-state index >= 15 is 0 Å². The van der Waals surface area contributed by atoms with Gasteiger partial charge in [-0.3, -0.25) is 10.1 Å². The van der Waals surface area contributed by atoms with E-state index in [0.717, 1.165) is 5.01 Å². The van der Waals surface area contributed by atoms with Crippen molar-refractivity contribution < 1.29 is 14.5 Å². The minimum Gasteiger partial charge on any atom is -0.427 e. The molecule has 0 bridgehead atoms. The van der Waals surface area contributed by atoms with Crippen LogP contribution in [0.25, 0.3) is 0 Å². The molecule has 1 heterocycles. The smallest absolute Gasteiger partial charge is 0.427 e. The Morgan fingerprint density at radius 3 is 2.60 bits per heavy atom. The zero-order valence-electron chi connectivity index (χ0n) is 11.2. The number of nitrogens with zero attached hydrogens (tertiary/aromatic N) is 2. The van der Waals surface area contributed by atoms with Crippen molar-refractivity contribution in [2.75, 3.05) is 5.01 Å². The molecule has 0 spiro atoms. The van der Waals surface area contributed by atoms with Crippen molar-refractivity contribution in [3.8, 4) is 0 Å². The molecule has 1 atom stereocenters. The fourth-order valence-corrected chi connectivity index (χ4v) is 1.89. The molecule has 1 fully saturated rings. The number of hydrogen-bond donors (Lipinski definition) is 1. The second kappa shape index (κ2) is 4.92. The van der Waals surface area contributed by atoms with Gasteiger partial charge in [0.15, 0.2) is 6.23 Å². The molecule has 1 aromatic carbocycles. The van der Waals surface area contributed by atoms with Crippen LogP contribution in [0.5, 0.6) is 0 Å². The normalized spacial score (nSPS) is 19.1. The lowest BCUT2D eigenvalue weighted by atomic mass is 9.95. The molecular formula is C12H14ClN3O4. The van der Waals surface area contributed by atoms with Gasteiger partial charge in [0.05, 0.1) is 4.92 Å². The maximum absolute atomic E-state index is 11.9. The summed E-state index contributed by atoms with van der Waals surface area (Å²) in [5.41, 5.74) is 2.31. The first-order valence-electron chi connectivity index (χ1n) is 5.91. The predicted molar refractivity (Wildman–Crippen MR) is 73.4 cm³/mol. The fourth-order valence-electron chi connectivity index (χ4n) is 1.72. The lowest BCUT2D eigenvalue weighted by Gasteiger charge is -2.24. The first kappa shape index (κ1) is 14.5. The maximum Gasteiger partial charge on any atom is 0.431 e. The standard InChI is InChI=1S/C12H14ClN3O4/c1-12(2,3)10-14-15(11(17)20-10)8-5-4-7(13)6-9(8)16(18)19/h4-6,10,14H,1-3H3. The van der Waals surface area contributed by atoms with E-state index in [0.29, 0.717) is 0 Å². The van der Waals surface area contributed by atoms with Crippen LogP contribution >= 0.6 is 11.6 Å². The van der Waals surface area contributed by atoms with E-state index < -0.39 is 17.2 Å². The van der Waals surface area contributed by atoms with Crippen LogP contribution in [0, 0.1) is 15.5 Å². The number of nitro benzene ring substituents is 1. The number of nitro groups is 1. The largest absolute Gasteiger partial charge is 0.431 e. The summed E-state index contributed by atoms with van der Waals surface area (Å²) >= 11 is 5.75. The van der Waals surface area contributed by atoms with Crippen LogP contribution in [0.4, 0.5) is 16.2 Å². The molecule has 20 heavy (non-hydrogen) atoms. The van der Waals surface area contributed by atoms with E-state index in [1.165, 1.54) is 18.2 Å². The monoisotopic (exact) mass is 299 g/mol. The van der Waals surface area contributed by atoms with Crippen molar-refractivity contribution in [1.29, 1.82) is 0 Å². The van der Waals surface area contributed by atoms with E-state index in [1.807, 2.05) is 20.8 Å². The van der Waals surface area contributed by atoms with E-state index in [1.54, 1.807) is 0 Å². The van der Waals surface area contributed by atoms with Crippen molar-refractivity contribution in [1.82, 2.24) is 5.43 Å². The molecule has 1 N–H and O–H groups in total. The molecule has 1 aliphatic rings. The molecule has 1 amide bonds. The Bertz CT molecular complexity index is 570. The highest BCUT2D eigenvalue weighted by Gasteiger charge is 2.41. The highest BCUT2D eigenvalue weighted by molar-refractivity contribution is 6.31. The molecule has 1 saturated heterocycles. The molecule has 7 nitrogen and oxygen atoms in total. The molecule has 2 rings (SSSR count). The Morgan fingerprint density at radius 2 is 2.10 bits per heavy atom. The SMILES string of the molecule is CC(C)(C)C1NN(c2ccc(Cl)cc2[N+](=O)[O-])C(=O)O1. The van der Waals surface area contributed by atoms with Crippen molar-refractivity contribution in [2.45, 2.75) is 27.0 Å². The summed E-state index contributed by atoms with van der Waals surface area (Å²) in [4.78, 5) is 22.3. The first-order valence-corrected chi connectivity index (χ1v) is 6.29. The Balaban J connectivity index is 2.38. The average molecular weight is 300 g/mol. The van der Waals surface area contributed by atoms with E-state index in [-0.39, 0.29) is 21.8 Å². The highest BCUT2D eigenvalue weighted by Crippen LogP contribution is 2.34. The minimum absolute atomic E-state index is 0.0937. The lowest BCUT2D eigenvalue weighted by molar-refractivity contribution is -0.384. The number of ether oxygens (including phenoxy) is 1. The summed E-state index contributed by atoms with van der Waals surface area (Å²) in [5, 5.41) is 12.3. The van der Waals surface area contributed by atoms with Crippen LogP contribution in [0.2, 0.25) is 5.02 Å². The Labute approximate surface area is 120 Å². The van der Waals surface area contributed by atoms with Gasteiger partial charge in [-0.15, -0.1) is 0 Å². The van der Waals surface area contributed by atoms with Gasteiger partial charge in [-0.1, -0.05) is 32.4 Å². The average Bonchev–Trinajstić information content (AvgIpc) is 2.71. The van der Waals surface area contributed by atoms with Gasteiger partial charge >= 0.3 is 6.09 Å². The van der Waals surface area contributed by atoms with Crippen molar-refractivity contribution in [3.05, 3.63) is 33.3 Å². The number of amides is 1. The lowest BCUT2D eigenvalue weighted by Crippen LogP contribution is -2.43. The van der Waals surface area contributed by atoms with Crippen LogP contribution in [-0.4, -0.2) is 17.2 Å². The summed E-state index contributed by atoms with van der Waals surface area (Å²) in [5.74, 6) is 0. The number of anilines is 1. The van der Waals surface area contributed by atoms with Gasteiger partial charge in [-0.25, -0.2) is 4.79 Å². The third kappa shape index (κ3) is 2.68. The number of cyclic esters (lactones) is 1. The van der Waals surface area contributed by atoms with E-state index in [4.69, 9.17) is 16.3 Å². The molecule has 0 aromatic heterocycles. The van der Waals surface area contributed by atoms with Crippen LogP contribution in [-0.2, 0) is 4.74 Å². The number of carbonyl (C=O) groups is 1. The van der Waals surface area contributed by atoms with Crippen LogP contribution in [0.15, 0.2) is 18.2 Å². The fraction of sp³-hybridized carbons (Fsp3) is 0.417.